The highest BCUT2D eigenvalue weighted by atomic mass is 16.5. The molecular weight excluding hydrogens is 190 g/mol. The van der Waals surface area contributed by atoms with Crippen molar-refractivity contribution in [3.63, 3.8) is 0 Å². The number of aliphatic imine (C=N–C) groups is 1. The van der Waals surface area contributed by atoms with Crippen molar-refractivity contribution < 1.29 is 4.74 Å². The van der Waals surface area contributed by atoms with Gasteiger partial charge in [-0.1, -0.05) is 12.1 Å². The van der Waals surface area contributed by atoms with Crippen LogP contribution in [0.4, 0.5) is 0 Å². The molecule has 1 rings (SSSR count). The summed E-state index contributed by atoms with van der Waals surface area (Å²) in [5.41, 5.74) is 6.74. The normalized spacial score (nSPS) is 11.2. The van der Waals surface area contributed by atoms with E-state index in [-0.39, 0.29) is 0 Å². The number of ether oxygens (including phenoxy) is 1. The van der Waals surface area contributed by atoms with E-state index in [1.807, 2.05) is 24.3 Å². The highest BCUT2D eigenvalue weighted by Crippen LogP contribution is 2.11. The lowest BCUT2D eigenvalue weighted by molar-refractivity contribution is 0.414. The molecule has 4 nitrogen and oxygen atoms in total. The Labute approximate surface area is 90.2 Å². The van der Waals surface area contributed by atoms with E-state index < -0.39 is 0 Å². The van der Waals surface area contributed by atoms with Crippen molar-refractivity contribution in [1.29, 1.82) is 0 Å². The van der Waals surface area contributed by atoms with E-state index in [1.54, 1.807) is 14.2 Å². The molecule has 15 heavy (non-hydrogen) atoms. The molecule has 0 amide bonds. The second kappa shape index (κ2) is 5.90. The molecule has 0 aliphatic rings. The summed E-state index contributed by atoms with van der Waals surface area (Å²) in [6.07, 6.45) is 0.917. The van der Waals surface area contributed by atoms with E-state index in [0.29, 0.717) is 5.96 Å². The minimum Gasteiger partial charge on any atom is -0.497 e. The maximum atomic E-state index is 5.50. The van der Waals surface area contributed by atoms with Crippen LogP contribution in [-0.2, 0) is 6.42 Å². The predicted octanol–water partition coefficient (Wildman–Crippen LogP) is 0.772. The van der Waals surface area contributed by atoms with Gasteiger partial charge >= 0.3 is 0 Å². The van der Waals surface area contributed by atoms with Crippen molar-refractivity contribution in [2.45, 2.75) is 6.42 Å². The zero-order valence-corrected chi connectivity index (χ0v) is 9.16. The third-order valence-corrected chi connectivity index (χ3v) is 2.12. The van der Waals surface area contributed by atoms with Crippen LogP contribution >= 0.6 is 0 Å². The molecule has 1 aromatic rings. The molecule has 4 heteroatoms. The molecule has 3 N–H and O–H groups in total. The van der Waals surface area contributed by atoms with Gasteiger partial charge in [-0.25, -0.2) is 0 Å². The van der Waals surface area contributed by atoms with Crippen molar-refractivity contribution in [2.24, 2.45) is 10.7 Å². The van der Waals surface area contributed by atoms with Crippen LogP contribution in [0.3, 0.4) is 0 Å². The summed E-state index contributed by atoms with van der Waals surface area (Å²) in [7, 11) is 3.32. The molecule has 0 atom stereocenters. The van der Waals surface area contributed by atoms with E-state index in [0.717, 1.165) is 18.7 Å². The summed E-state index contributed by atoms with van der Waals surface area (Å²) in [6.45, 7) is 0.787. The lowest BCUT2D eigenvalue weighted by atomic mass is 10.1. The molecule has 0 aromatic heterocycles. The van der Waals surface area contributed by atoms with Gasteiger partial charge < -0.3 is 15.8 Å². The fourth-order valence-corrected chi connectivity index (χ4v) is 1.21. The number of nitrogens with zero attached hydrogens (tertiary/aromatic N) is 1. The lowest BCUT2D eigenvalue weighted by Gasteiger charge is -2.05. The summed E-state index contributed by atoms with van der Waals surface area (Å²) in [6, 6.07) is 7.98. The second-order valence-electron chi connectivity index (χ2n) is 3.13. The van der Waals surface area contributed by atoms with Gasteiger partial charge in [-0.2, -0.15) is 0 Å². The minimum absolute atomic E-state index is 0.475. The third-order valence-electron chi connectivity index (χ3n) is 2.12. The molecular formula is C11H17N3O. The SMILES string of the molecule is CN=C(N)NCCc1ccc(OC)cc1. The Morgan fingerprint density at radius 2 is 2.07 bits per heavy atom. The Morgan fingerprint density at radius 3 is 2.60 bits per heavy atom. The molecule has 0 aliphatic heterocycles. The van der Waals surface area contributed by atoms with Gasteiger partial charge in [-0.05, 0) is 24.1 Å². The molecule has 0 fully saturated rings. The van der Waals surface area contributed by atoms with Crippen molar-refractivity contribution in [3.05, 3.63) is 29.8 Å². The highest BCUT2D eigenvalue weighted by molar-refractivity contribution is 5.77. The van der Waals surface area contributed by atoms with Gasteiger partial charge in [0.2, 0.25) is 0 Å². The molecule has 0 spiro atoms. The van der Waals surface area contributed by atoms with Gasteiger partial charge in [0.05, 0.1) is 7.11 Å². The first-order valence-electron chi connectivity index (χ1n) is 4.85. The van der Waals surface area contributed by atoms with Crippen LogP contribution in [0.25, 0.3) is 0 Å². The van der Waals surface area contributed by atoms with Crippen LogP contribution in [-0.4, -0.2) is 26.7 Å². The quantitative estimate of drug-likeness (QED) is 0.566. The van der Waals surface area contributed by atoms with E-state index in [2.05, 4.69) is 10.3 Å². The monoisotopic (exact) mass is 207 g/mol. The van der Waals surface area contributed by atoms with Crippen LogP contribution < -0.4 is 15.8 Å². The highest BCUT2D eigenvalue weighted by Gasteiger charge is 1.95. The average Bonchev–Trinajstić information content (AvgIpc) is 2.29. The van der Waals surface area contributed by atoms with Gasteiger partial charge in [0.25, 0.3) is 0 Å². The molecule has 82 valence electrons. The standard InChI is InChI=1S/C11H17N3O/c1-13-11(12)14-8-7-9-3-5-10(15-2)6-4-9/h3-6H,7-8H2,1-2H3,(H3,12,13,14). The van der Waals surface area contributed by atoms with E-state index >= 15 is 0 Å². The second-order valence-corrected chi connectivity index (χ2v) is 3.13. The first kappa shape index (κ1) is 11.4. The molecule has 0 bridgehead atoms. The summed E-state index contributed by atoms with van der Waals surface area (Å²) in [5, 5.41) is 3.01. The van der Waals surface area contributed by atoms with Crippen molar-refractivity contribution in [2.75, 3.05) is 20.7 Å². The van der Waals surface area contributed by atoms with Gasteiger partial charge in [-0.15, -0.1) is 0 Å². The number of hydrogen-bond acceptors (Lipinski definition) is 2. The fourth-order valence-electron chi connectivity index (χ4n) is 1.21. The molecule has 0 saturated heterocycles. The Kier molecular flexibility index (Phi) is 4.47. The Hall–Kier alpha value is -1.71. The third kappa shape index (κ3) is 3.89. The first-order valence-corrected chi connectivity index (χ1v) is 4.85. The van der Waals surface area contributed by atoms with Crippen LogP contribution in [0, 0.1) is 0 Å². The topological polar surface area (TPSA) is 59.6 Å². The van der Waals surface area contributed by atoms with Gasteiger partial charge in [0.15, 0.2) is 5.96 Å². The Bertz CT molecular complexity index is 319. The predicted molar refractivity (Wildman–Crippen MR) is 62.2 cm³/mol. The molecule has 0 radical (unpaired) electrons. The number of guanidine groups is 1. The maximum absolute atomic E-state index is 5.50. The van der Waals surface area contributed by atoms with E-state index in [1.165, 1.54) is 5.56 Å². The Balaban J connectivity index is 2.38. The summed E-state index contributed by atoms with van der Waals surface area (Å²) < 4.78 is 5.07. The van der Waals surface area contributed by atoms with Crippen LogP contribution in [0.15, 0.2) is 29.3 Å². The largest absolute Gasteiger partial charge is 0.497 e. The van der Waals surface area contributed by atoms with Crippen molar-refractivity contribution in [1.82, 2.24) is 5.32 Å². The number of nitrogens with two attached hydrogens (primary N) is 1. The van der Waals surface area contributed by atoms with E-state index in [4.69, 9.17) is 10.5 Å². The van der Waals surface area contributed by atoms with Crippen molar-refractivity contribution >= 4 is 5.96 Å². The van der Waals surface area contributed by atoms with Crippen LogP contribution in [0.1, 0.15) is 5.56 Å². The summed E-state index contributed by atoms with van der Waals surface area (Å²) in [4.78, 5) is 3.81. The Morgan fingerprint density at radius 1 is 1.40 bits per heavy atom. The molecule has 0 aliphatic carbocycles. The number of rotatable bonds is 4. The molecule has 0 heterocycles. The molecule has 1 aromatic carbocycles. The maximum Gasteiger partial charge on any atom is 0.188 e. The number of benzene rings is 1. The zero-order valence-electron chi connectivity index (χ0n) is 9.16. The fraction of sp³-hybridized carbons (Fsp3) is 0.364. The first-order chi connectivity index (χ1) is 7.26. The van der Waals surface area contributed by atoms with Crippen LogP contribution in [0.5, 0.6) is 5.75 Å². The average molecular weight is 207 g/mol. The van der Waals surface area contributed by atoms with Gasteiger partial charge in [0, 0.05) is 13.6 Å². The summed E-state index contributed by atoms with van der Waals surface area (Å²) in [5.74, 6) is 1.35. The van der Waals surface area contributed by atoms with E-state index in [9.17, 15) is 0 Å². The molecule has 0 saturated carbocycles. The molecule has 0 unspecified atom stereocenters. The van der Waals surface area contributed by atoms with Crippen molar-refractivity contribution in [3.8, 4) is 5.75 Å². The summed E-state index contributed by atoms with van der Waals surface area (Å²) >= 11 is 0. The van der Waals surface area contributed by atoms with Gasteiger partial charge in [-0.3, -0.25) is 4.99 Å². The van der Waals surface area contributed by atoms with Crippen LogP contribution in [0.2, 0.25) is 0 Å². The smallest absolute Gasteiger partial charge is 0.188 e. The number of methoxy groups -OCH3 is 1. The van der Waals surface area contributed by atoms with Gasteiger partial charge in [0.1, 0.15) is 5.75 Å². The lowest BCUT2D eigenvalue weighted by Crippen LogP contribution is -2.32. The zero-order chi connectivity index (χ0) is 11.1. The minimum atomic E-state index is 0.475. The number of nitrogens with one attached hydrogen (secondary N) is 1. The number of hydrogen-bond donors (Lipinski definition) is 2.